The van der Waals surface area contributed by atoms with E-state index in [2.05, 4.69) is 13.8 Å². The fraction of sp³-hybridized carbons (Fsp3) is 0.750. The number of halogens is 1. The van der Waals surface area contributed by atoms with E-state index in [1.54, 1.807) is 6.08 Å². The zero-order valence-corrected chi connectivity index (χ0v) is 6.45. The molecule has 0 aromatic heterocycles. The third-order valence-electron chi connectivity index (χ3n) is 1.16. The second kappa shape index (κ2) is 4.54. The van der Waals surface area contributed by atoms with E-state index >= 15 is 0 Å². The van der Waals surface area contributed by atoms with Crippen LogP contribution in [-0.2, 0) is 0 Å². The molecule has 0 N–H and O–H groups in total. The van der Waals surface area contributed by atoms with Crippen LogP contribution in [-0.4, -0.2) is 6.67 Å². The van der Waals surface area contributed by atoms with Crippen LogP contribution >= 0.6 is 0 Å². The summed E-state index contributed by atoms with van der Waals surface area (Å²) in [7, 11) is 0. The van der Waals surface area contributed by atoms with E-state index < -0.39 is 0 Å². The minimum atomic E-state index is -0.321. The first-order chi connectivity index (χ1) is 4.16. The molecule has 0 saturated heterocycles. The van der Waals surface area contributed by atoms with E-state index in [9.17, 15) is 4.39 Å². The summed E-state index contributed by atoms with van der Waals surface area (Å²) in [5, 5.41) is 0. The molecule has 0 fully saturated rings. The molecule has 0 spiro atoms. The van der Waals surface area contributed by atoms with Gasteiger partial charge in [-0.3, -0.25) is 0 Å². The molecule has 0 unspecified atom stereocenters. The predicted octanol–water partition coefficient (Wildman–Crippen LogP) is 2.95. The fourth-order valence-electron chi connectivity index (χ4n) is 0.859. The lowest BCUT2D eigenvalue weighted by atomic mass is 10.0. The summed E-state index contributed by atoms with van der Waals surface area (Å²) in [6, 6.07) is 0. The highest BCUT2D eigenvalue weighted by Gasteiger charge is 1.93. The van der Waals surface area contributed by atoms with Gasteiger partial charge in [0.1, 0.15) is 6.67 Å². The van der Waals surface area contributed by atoms with Gasteiger partial charge >= 0.3 is 0 Å². The zero-order chi connectivity index (χ0) is 7.28. The maximum atomic E-state index is 11.6. The lowest BCUT2D eigenvalue weighted by molar-refractivity contribution is 0.554. The van der Waals surface area contributed by atoms with E-state index in [1.165, 1.54) is 0 Å². The minimum Gasteiger partial charge on any atom is -0.247 e. The SMILES string of the molecule is CC(=CCF)CC(C)C. The Morgan fingerprint density at radius 3 is 2.44 bits per heavy atom. The fourth-order valence-corrected chi connectivity index (χ4v) is 0.859. The van der Waals surface area contributed by atoms with Gasteiger partial charge in [-0.05, 0) is 19.3 Å². The van der Waals surface area contributed by atoms with Crippen molar-refractivity contribution in [3.63, 3.8) is 0 Å². The second-order valence-electron chi connectivity index (χ2n) is 2.80. The smallest absolute Gasteiger partial charge is 0.108 e. The Morgan fingerprint density at radius 2 is 2.11 bits per heavy atom. The lowest BCUT2D eigenvalue weighted by Gasteiger charge is -2.02. The molecule has 0 amide bonds. The highest BCUT2D eigenvalue weighted by molar-refractivity contribution is 4.98. The lowest BCUT2D eigenvalue weighted by Crippen LogP contribution is -1.87. The number of rotatable bonds is 3. The van der Waals surface area contributed by atoms with Crippen LogP contribution in [0, 0.1) is 5.92 Å². The van der Waals surface area contributed by atoms with Gasteiger partial charge in [-0.1, -0.05) is 25.5 Å². The van der Waals surface area contributed by atoms with Crippen LogP contribution in [0.5, 0.6) is 0 Å². The summed E-state index contributed by atoms with van der Waals surface area (Å²) in [6.45, 7) is 5.92. The second-order valence-corrected chi connectivity index (χ2v) is 2.80. The van der Waals surface area contributed by atoms with E-state index in [-0.39, 0.29) is 6.67 Å². The third kappa shape index (κ3) is 5.54. The zero-order valence-electron chi connectivity index (χ0n) is 6.45. The van der Waals surface area contributed by atoms with Crippen molar-refractivity contribution in [1.82, 2.24) is 0 Å². The topological polar surface area (TPSA) is 0 Å². The van der Waals surface area contributed by atoms with Crippen molar-refractivity contribution >= 4 is 0 Å². The Labute approximate surface area is 56.8 Å². The summed E-state index contributed by atoms with van der Waals surface area (Å²) in [5.74, 6) is 0.646. The molecule has 0 aliphatic rings. The summed E-state index contributed by atoms with van der Waals surface area (Å²) in [5.41, 5.74) is 1.16. The first kappa shape index (κ1) is 8.67. The molecule has 0 bridgehead atoms. The van der Waals surface area contributed by atoms with E-state index in [0.717, 1.165) is 12.0 Å². The molecule has 0 aliphatic heterocycles. The molecule has 0 heterocycles. The molecule has 9 heavy (non-hydrogen) atoms. The largest absolute Gasteiger partial charge is 0.247 e. The normalized spacial score (nSPS) is 12.8. The van der Waals surface area contributed by atoms with Crippen LogP contribution in [0.15, 0.2) is 11.6 Å². The number of alkyl halides is 1. The van der Waals surface area contributed by atoms with Crippen LogP contribution in [0.4, 0.5) is 4.39 Å². The molecule has 1 heteroatoms. The van der Waals surface area contributed by atoms with Crippen molar-refractivity contribution in [3.8, 4) is 0 Å². The molecule has 0 aromatic carbocycles. The van der Waals surface area contributed by atoms with Gasteiger partial charge in [0.2, 0.25) is 0 Å². The Kier molecular flexibility index (Phi) is 4.37. The van der Waals surface area contributed by atoms with E-state index in [1.807, 2.05) is 6.92 Å². The molecule has 0 nitrogen and oxygen atoms in total. The molecule has 0 radical (unpaired) electrons. The number of allylic oxidation sites excluding steroid dienone is 2. The van der Waals surface area contributed by atoms with Crippen molar-refractivity contribution in [2.24, 2.45) is 5.92 Å². The Morgan fingerprint density at radius 1 is 1.56 bits per heavy atom. The Bertz CT molecular complexity index is 92.7. The first-order valence-corrected chi connectivity index (χ1v) is 3.38. The van der Waals surface area contributed by atoms with Gasteiger partial charge in [0.15, 0.2) is 0 Å². The molecule has 54 valence electrons. The standard InChI is InChI=1S/C8H15F/c1-7(2)6-8(3)4-5-9/h4,7H,5-6H2,1-3H3. The highest BCUT2D eigenvalue weighted by Crippen LogP contribution is 2.08. The Hall–Kier alpha value is -0.330. The van der Waals surface area contributed by atoms with Crippen molar-refractivity contribution in [2.75, 3.05) is 6.67 Å². The van der Waals surface area contributed by atoms with E-state index in [0.29, 0.717) is 5.92 Å². The van der Waals surface area contributed by atoms with Crippen LogP contribution in [0.3, 0.4) is 0 Å². The average molecular weight is 130 g/mol. The van der Waals surface area contributed by atoms with Crippen LogP contribution in [0.1, 0.15) is 27.2 Å². The van der Waals surface area contributed by atoms with Crippen LogP contribution in [0.2, 0.25) is 0 Å². The van der Waals surface area contributed by atoms with Crippen LogP contribution < -0.4 is 0 Å². The Balaban J connectivity index is 3.49. The van der Waals surface area contributed by atoms with Gasteiger partial charge in [0, 0.05) is 0 Å². The summed E-state index contributed by atoms with van der Waals surface area (Å²) >= 11 is 0. The maximum absolute atomic E-state index is 11.6. The first-order valence-electron chi connectivity index (χ1n) is 3.38. The number of hydrogen-bond acceptors (Lipinski definition) is 0. The van der Waals surface area contributed by atoms with Gasteiger partial charge in [-0.15, -0.1) is 0 Å². The maximum Gasteiger partial charge on any atom is 0.108 e. The quantitative estimate of drug-likeness (QED) is 0.515. The van der Waals surface area contributed by atoms with Crippen LogP contribution in [0.25, 0.3) is 0 Å². The summed E-state index contributed by atoms with van der Waals surface area (Å²) in [6.07, 6.45) is 2.66. The minimum absolute atomic E-state index is 0.321. The molecular formula is C8H15F. The third-order valence-corrected chi connectivity index (χ3v) is 1.16. The molecule has 0 atom stereocenters. The van der Waals surface area contributed by atoms with E-state index in [4.69, 9.17) is 0 Å². The molecule has 0 saturated carbocycles. The van der Waals surface area contributed by atoms with Gasteiger partial charge in [-0.25, -0.2) is 4.39 Å². The predicted molar refractivity (Wildman–Crippen MR) is 39.2 cm³/mol. The van der Waals surface area contributed by atoms with Crippen molar-refractivity contribution in [1.29, 1.82) is 0 Å². The van der Waals surface area contributed by atoms with Crippen molar-refractivity contribution < 1.29 is 4.39 Å². The monoisotopic (exact) mass is 130 g/mol. The van der Waals surface area contributed by atoms with Gasteiger partial charge in [0.25, 0.3) is 0 Å². The number of hydrogen-bond donors (Lipinski definition) is 0. The highest BCUT2D eigenvalue weighted by atomic mass is 19.1. The van der Waals surface area contributed by atoms with Crippen molar-refractivity contribution in [3.05, 3.63) is 11.6 Å². The summed E-state index contributed by atoms with van der Waals surface area (Å²) in [4.78, 5) is 0. The van der Waals surface area contributed by atoms with Gasteiger partial charge in [0.05, 0.1) is 0 Å². The molecule has 0 aromatic rings. The molecule has 0 rings (SSSR count). The van der Waals surface area contributed by atoms with Gasteiger partial charge in [-0.2, -0.15) is 0 Å². The molecular weight excluding hydrogens is 115 g/mol. The average Bonchev–Trinajstić information content (AvgIpc) is 1.63. The van der Waals surface area contributed by atoms with Crippen molar-refractivity contribution in [2.45, 2.75) is 27.2 Å². The summed E-state index contributed by atoms with van der Waals surface area (Å²) < 4.78 is 11.6. The molecule has 0 aliphatic carbocycles. The van der Waals surface area contributed by atoms with Gasteiger partial charge < -0.3 is 0 Å².